The molecule has 2 aliphatic rings. The number of hydrogen-bond acceptors (Lipinski definition) is 3. The lowest BCUT2D eigenvalue weighted by Gasteiger charge is -2.39. The number of carbonyl (C=O) groups is 1. The Kier molecular flexibility index (Phi) is 4.65. The summed E-state index contributed by atoms with van der Waals surface area (Å²) < 4.78 is 6.20. The maximum absolute atomic E-state index is 12.9. The number of benzene rings is 2. The van der Waals surface area contributed by atoms with E-state index in [-0.39, 0.29) is 11.5 Å². The lowest BCUT2D eigenvalue weighted by atomic mass is 9.86. The number of anilines is 1. The monoisotopic (exact) mass is 362 g/mol. The lowest BCUT2D eigenvalue weighted by molar-refractivity contribution is -0.0190. The topological polar surface area (TPSA) is 32.8 Å². The van der Waals surface area contributed by atoms with Gasteiger partial charge in [-0.3, -0.25) is 4.79 Å². The van der Waals surface area contributed by atoms with Crippen LogP contribution in [0.1, 0.15) is 35.2 Å². The van der Waals surface area contributed by atoms with Crippen molar-refractivity contribution in [3.63, 3.8) is 0 Å². The third-order valence-electron chi connectivity index (χ3n) is 5.54. The quantitative estimate of drug-likeness (QED) is 0.821. The van der Waals surface area contributed by atoms with Gasteiger partial charge in [-0.05, 0) is 48.2 Å². The van der Waals surface area contributed by atoms with Gasteiger partial charge in [-0.15, -0.1) is 0 Å². The van der Waals surface area contributed by atoms with Gasteiger partial charge < -0.3 is 14.5 Å². The Morgan fingerprint density at radius 3 is 2.70 bits per heavy atom. The number of amides is 1. The van der Waals surface area contributed by atoms with Crippen LogP contribution >= 0.6 is 0 Å². The molecule has 0 aliphatic carbocycles. The number of hydrogen-bond donors (Lipinski definition) is 0. The molecular weight excluding hydrogens is 336 g/mol. The van der Waals surface area contributed by atoms with E-state index in [0.29, 0.717) is 6.54 Å². The standard InChI is InChI=1S/C23H26N2O2/c1-24(2)21-11-6-10-19(14-21)20-15-23(27-16-20)12-7-13-25(17-23)22(26)18-8-4-3-5-9-18/h3-6,8-11,14,16H,7,12-13,15,17H2,1-2H3. The predicted octanol–water partition coefficient (Wildman–Crippen LogP) is 4.19. The summed E-state index contributed by atoms with van der Waals surface area (Å²) in [6.07, 6.45) is 4.71. The third kappa shape index (κ3) is 3.57. The van der Waals surface area contributed by atoms with Gasteiger partial charge in [-0.2, -0.15) is 0 Å². The second-order valence-electron chi connectivity index (χ2n) is 7.76. The van der Waals surface area contributed by atoms with E-state index >= 15 is 0 Å². The zero-order valence-corrected chi connectivity index (χ0v) is 16.0. The number of piperidine rings is 1. The molecule has 1 fully saturated rings. The Hall–Kier alpha value is -2.75. The minimum Gasteiger partial charge on any atom is -0.492 e. The average molecular weight is 362 g/mol. The van der Waals surface area contributed by atoms with E-state index in [1.807, 2.05) is 55.6 Å². The van der Waals surface area contributed by atoms with E-state index in [1.54, 1.807) is 0 Å². The van der Waals surface area contributed by atoms with Gasteiger partial charge in [0.25, 0.3) is 5.91 Å². The van der Waals surface area contributed by atoms with Crippen LogP contribution in [0.2, 0.25) is 0 Å². The molecule has 2 aromatic carbocycles. The third-order valence-corrected chi connectivity index (χ3v) is 5.54. The number of carbonyl (C=O) groups excluding carboxylic acids is 1. The van der Waals surface area contributed by atoms with Gasteiger partial charge in [-0.25, -0.2) is 0 Å². The van der Waals surface area contributed by atoms with Gasteiger partial charge in [0.2, 0.25) is 0 Å². The molecule has 1 saturated heterocycles. The van der Waals surface area contributed by atoms with Crippen LogP contribution in [0.5, 0.6) is 0 Å². The summed E-state index contributed by atoms with van der Waals surface area (Å²) in [7, 11) is 4.10. The number of nitrogens with zero attached hydrogens (tertiary/aromatic N) is 2. The Morgan fingerprint density at radius 2 is 1.93 bits per heavy atom. The zero-order chi connectivity index (χ0) is 18.9. The SMILES string of the molecule is CN(C)c1cccc(C2=COC3(CCCN(C(=O)c4ccccc4)C3)C2)c1. The van der Waals surface area contributed by atoms with Gasteiger partial charge in [-0.1, -0.05) is 30.3 Å². The fourth-order valence-electron chi connectivity index (χ4n) is 4.06. The molecule has 2 aliphatic heterocycles. The first-order valence-electron chi connectivity index (χ1n) is 9.55. The van der Waals surface area contributed by atoms with Crippen molar-refractivity contribution in [2.24, 2.45) is 0 Å². The molecule has 0 aromatic heterocycles. The normalized spacial score (nSPS) is 21.7. The molecule has 0 radical (unpaired) electrons. The molecule has 4 heteroatoms. The molecule has 4 rings (SSSR count). The summed E-state index contributed by atoms with van der Waals surface area (Å²) in [5.41, 5.74) is 4.06. The van der Waals surface area contributed by atoms with Crippen LogP contribution in [0.4, 0.5) is 5.69 Å². The van der Waals surface area contributed by atoms with Crippen molar-refractivity contribution in [2.45, 2.75) is 24.9 Å². The first kappa shape index (κ1) is 17.7. The van der Waals surface area contributed by atoms with Crippen LogP contribution < -0.4 is 4.90 Å². The Morgan fingerprint density at radius 1 is 1.11 bits per heavy atom. The molecule has 27 heavy (non-hydrogen) atoms. The lowest BCUT2D eigenvalue weighted by Crippen LogP contribution is -2.50. The van der Waals surface area contributed by atoms with Crippen molar-refractivity contribution in [1.82, 2.24) is 4.90 Å². The van der Waals surface area contributed by atoms with Crippen LogP contribution in [0.15, 0.2) is 60.9 Å². The van der Waals surface area contributed by atoms with Crippen molar-refractivity contribution < 1.29 is 9.53 Å². The molecule has 4 nitrogen and oxygen atoms in total. The number of ether oxygens (including phenoxy) is 1. The zero-order valence-electron chi connectivity index (χ0n) is 16.0. The van der Waals surface area contributed by atoms with E-state index in [4.69, 9.17) is 4.74 Å². The average Bonchev–Trinajstić information content (AvgIpc) is 3.11. The Labute approximate surface area is 161 Å². The summed E-state index contributed by atoms with van der Waals surface area (Å²) in [5, 5.41) is 0. The summed E-state index contributed by atoms with van der Waals surface area (Å²) in [5.74, 6) is 0.0985. The number of likely N-dealkylation sites (tertiary alicyclic amines) is 1. The van der Waals surface area contributed by atoms with Crippen LogP contribution in [0.25, 0.3) is 5.57 Å². The van der Waals surface area contributed by atoms with Gasteiger partial charge in [0.1, 0.15) is 5.60 Å². The minimum absolute atomic E-state index is 0.0985. The van der Waals surface area contributed by atoms with E-state index in [1.165, 1.54) is 16.8 Å². The molecule has 1 amide bonds. The van der Waals surface area contributed by atoms with Crippen LogP contribution in [0, 0.1) is 0 Å². The summed E-state index contributed by atoms with van der Waals surface area (Å²) in [6.45, 7) is 1.44. The highest BCUT2D eigenvalue weighted by Crippen LogP contribution is 2.41. The minimum atomic E-state index is -0.286. The Bertz CT molecular complexity index is 860. The second-order valence-corrected chi connectivity index (χ2v) is 7.76. The molecule has 1 atom stereocenters. The van der Waals surface area contributed by atoms with Crippen LogP contribution in [-0.2, 0) is 4.74 Å². The van der Waals surface area contributed by atoms with Gasteiger partial charge >= 0.3 is 0 Å². The predicted molar refractivity (Wildman–Crippen MR) is 109 cm³/mol. The van der Waals surface area contributed by atoms with E-state index < -0.39 is 0 Å². The van der Waals surface area contributed by atoms with Crippen molar-refractivity contribution in [2.75, 3.05) is 32.1 Å². The van der Waals surface area contributed by atoms with E-state index in [0.717, 1.165) is 31.4 Å². The molecule has 2 aromatic rings. The molecule has 1 unspecified atom stereocenters. The van der Waals surface area contributed by atoms with Crippen molar-refractivity contribution in [3.05, 3.63) is 72.0 Å². The molecule has 0 N–H and O–H groups in total. The molecule has 0 saturated carbocycles. The molecule has 1 spiro atoms. The van der Waals surface area contributed by atoms with E-state index in [9.17, 15) is 4.79 Å². The maximum atomic E-state index is 12.9. The second kappa shape index (κ2) is 7.10. The molecule has 0 bridgehead atoms. The van der Waals surface area contributed by atoms with Crippen molar-refractivity contribution >= 4 is 17.2 Å². The van der Waals surface area contributed by atoms with Crippen molar-refractivity contribution in [1.29, 1.82) is 0 Å². The maximum Gasteiger partial charge on any atom is 0.253 e. The fraction of sp³-hybridized carbons (Fsp3) is 0.348. The smallest absolute Gasteiger partial charge is 0.253 e. The van der Waals surface area contributed by atoms with E-state index in [2.05, 4.69) is 29.2 Å². The first-order valence-corrected chi connectivity index (χ1v) is 9.55. The molecular formula is C23H26N2O2. The summed E-state index contributed by atoms with van der Waals surface area (Å²) in [4.78, 5) is 16.9. The molecule has 2 heterocycles. The van der Waals surface area contributed by atoms with Crippen LogP contribution in [0.3, 0.4) is 0 Å². The van der Waals surface area contributed by atoms with Gasteiger partial charge in [0.05, 0.1) is 12.8 Å². The highest BCUT2D eigenvalue weighted by molar-refractivity contribution is 5.94. The Balaban J connectivity index is 1.49. The first-order chi connectivity index (χ1) is 13.1. The van der Waals surface area contributed by atoms with Gasteiger partial charge in [0, 0.05) is 38.3 Å². The van der Waals surface area contributed by atoms with Crippen LogP contribution in [-0.4, -0.2) is 43.6 Å². The summed E-state index contributed by atoms with van der Waals surface area (Å²) >= 11 is 0. The highest BCUT2D eigenvalue weighted by Gasteiger charge is 2.42. The van der Waals surface area contributed by atoms with Gasteiger partial charge in [0.15, 0.2) is 0 Å². The fourth-order valence-corrected chi connectivity index (χ4v) is 4.06. The van der Waals surface area contributed by atoms with Crippen molar-refractivity contribution in [3.8, 4) is 0 Å². The molecule has 140 valence electrons. The highest BCUT2D eigenvalue weighted by atomic mass is 16.5. The summed E-state index contributed by atoms with van der Waals surface area (Å²) in [6, 6.07) is 18.1. The largest absolute Gasteiger partial charge is 0.492 e. The number of rotatable bonds is 3.